The van der Waals surface area contributed by atoms with Gasteiger partial charge in [0, 0.05) is 18.5 Å². The molecule has 1 atom stereocenters. The van der Waals surface area contributed by atoms with Gasteiger partial charge >= 0.3 is 0 Å². The summed E-state index contributed by atoms with van der Waals surface area (Å²) in [7, 11) is 0. The Bertz CT molecular complexity index is 720. The van der Waals surface area contributed by atoms with E-state index in [1.165, 1.54) is 12.1 Å². The van der Waals surface area contributed by atoms with Crippen LogP contribution in [-0.4, -0.2) is 29.1 Å². The quantitative estimate of drug-likeness (QED) is 0.544. The normalized spacial score (nSPS) is 13.5. The summed E-state index contributed by atoms with van der Waals surface area (Å²) in [5, 5.41) is 16.4. The molecule has 0 saturated heterocycles. The number of hydrogen-bond donors (Lipinski definition) is 3. The summed E-state index contributed by atoms with van der Waals surface area (Å²) in [5.74, 6) is 1.56. The van der Waals surface area contributed by atoms with E-state index in [1.54, 1.807) is 18.3 Å². The number of rotatable bonds is 6. The average Bonchev–Trinajstić information content (AvgIpc) is 3.07. The maximum Gasteiger partial charge on any atom is 0.216 e. The van der Waals surface area contributed by atoms with E-state index in [0.29, 0.717) is 24.0 Å². The molecule has 6 nitrogen and oxygen atoms in total. The van der Waals surface area contributed by atoms with Gasteiger partial charge in [-0.15, -0.1) is 0 Å². The van der Waals surface area contributed by atoms with Gasteiger partial charge in [0.15, 0.2) is 5.96 Å². The van der Waals surface area contributed by atoms with Crippen LogP contribution in [0.2, 0.25) is 0 Å². The van der Waals surface area contributed by atoms with Crippen molar-refractivity contribution in [2.45, 2.75) is 45.8 Å². The van der Waals surface area contributed by atoms with Crippen molar-refractivity contribution in [1.29, 1.82) is 0 Å². The van der Waals surface area contributed by atoms with E-state index in [4.69, 9.17) is 4.42 Å². The van der Waals surface area contributed by atoms with Crippen molar-refractivity contribution in [2.75, 3.05) is 13.1 Å². The van der Waals surface area contributed by atoms with Gasteiger partial charge in [-0.25, -0.2) is 14.4 Å². The Balaban J connectivity index is 1.95. The molecular weight excluding hydrogens is 335 g/mol. The van der Waals surface area contributed by atoms with Crippen LogP contribution in [0.25, 0.3) is 0 Å². The number of halogens is 1. The summed E-state index contributed by atoms with van der Waals surface area (Å²) in [6, 6.07) is 5.78. The van der Waals surface area contributed by atoms with Gasteiger partial charge in [0.05, 0.1) is 12.3 Å². The molecule has 2 rings (SSSR count). The van der Waals surface area contributed by atoms with Crippen LogP contribution in [0.4, 0.5) is 4.39 Å². The smallest absolute Gasteiger partial charge is 0.216 e. The highest BCUT2D eigenvalue weighted by Gasteiger charge is 2.19. The van der Waals surface area contributed by atoms with Crippen molar-refractivity contribution in [1.82, 2.24) is 15.6 Å². The van der Waals surface area contributed by atoms with Crippen molar-refractivity contribution in [3.05, 3.63) is 53.5 Å². The zero-order valence-electron chi connectivity index (χ0n) is 15.7. The Morgan fingerprint density at radius 3 is 2.54 bits per heavy atom. The Morgan fingerprint density at radius 2 is 1.96 bits per heavy atom. The van der Waals surface area contributed by atoms with E-state index in [1.807, 2.05) is 6.92 Å². The second-order valence-electron chi connectivity index (χ2n) is 7.01. The van der Waals surface area contributed by atoms with E-state index < -0.39 is 6.10 Å². The lowest BCUT2D eigenvalue weighted by atomic mass is 9.94. The predicted molar refractivity (Wildman–Crippen MR) is 99.4 cm³/mol. The molecule has 0 aliphatic rings. The Labute approximate surface area is 153 Å². The van der Waals surface area contributed by atoms with E-state index in [9.17, 15) is 9.50 Å². The van der Waals surface area contributed by atoms with Gasteiger partial charge in [0.25, 0.3) is 0 Å². The van der Waals surface area contributed by atoms with Gasteiger partial charge in [-0.05, 0) is 24.6 Å². The van der Waals surface area contributed by atoms with Crippen molar-refractivity contribution in [2.24, 2.45) is 4.99 Å². The summed E-state index contributed by atoms with van der Waals surface area (Å²) < 4.78 is 18.7. The van der Waals surface area contributed by atoms with Crippen LogP contribution in [0, 0.1) is 5.82 Å². The first-order valence-electron chi connectivity index (χ1n) is 8.70. The van der Waals surface area contributed by atoms with Crippen LogP contribution < -0.4 is 10.6 Å². The molecule has 1 aromatic heterocycles. The first-order chi connectivity index (χ1) is 12.3. The minimum absolute atomic E-state index is 0.100. The molecule has 2 aromatic rings. The SMILES string of the molecule is CCNC(=NCc1ncc(C(C)(C)C)o1)NCC(O)c1ccc(F)cc1. The van der Waals surface area contributed by atoms with Crippen LogP contribution >= 0.6 is 0 Å². The molecule has 26 heavy (non-hydrogen) atoms. The standard InChI is InChI=1S/C19H27FN4O2/c1-5-21-18(23-10-15(25)13-6-8-14(20)9-7-13)24-12-17-22-11-16(26-17)19(2,3)4/h6-9,11,15,25H,5,10,12H2,1-4H3,(H2,21,23,24). The Hall–Kier alpha value is -2.41. The van der Waals surface area contributed by atoms with Crippen LogP contribution in [0.5, 0.6) is 0 Å². The van der Waals surface area contributed by atoms with Crippen molar-refractivity contribution in [3.63, 3.8) is 0 Å². The highest BCUT2D eigenvalue weighted by atomic mass is 19.1. The molecular formula is C19H27FN4O2. The fourth-order valence-electron chi connectivity index (χ4n) is 2.21. The molecule has 1 heterocycles. The lowest BCUT2D eigenvalue weighted by molar-refractivity contribution is 0.180. The molecule has 142 valence electrons. The second kappa shape index (κ2) is 8.80. The van der Waals surface area contributed by atoms with Gasteiger partial charge < -0.3 is 20.2 Å². The number of hydrogen-bond acceptors (Lipinski definition) is 4. The van der Waals surface area contributed by atoms with Crippen LogP contribution in [0.15, 0.2) is 39.9 Å². The fourth-order valence-corrected chi connectivity index (χ4v) is 2.21. The number of aromatic nitrogens is 1. The molecule has 0 bridgehead atoms. The predicted octanol–water partition coefficient (Wildman–Crippen LogP) is 2.90. The van der Waals surface area contributed by atoms with Gasteiger partial charge in [0.1, 0.15) is 18.1 Å². The molecule has 0 amide bonds. The number of aliphatic imine (C=N–C) groups is 1. The zero-order chi connectivity index (χ0) is 19.2. The third kappa shape index (κ3) is 5.84. The number of oxazole rings is 1. The highest BCUT2D eigenvalue weighted by molar-refractivity contribution is 5.79. The van der Waals surface area contributed by atoms with E-state index in [0.717, 1.165) is 5.76 Å². The molecule has 7 heteroatoms. The van der Waals surface area contributed by atoms with Crippen molar-refractivity contribution >= 4 is 5.96 Å². The van der Waals surface area contributed by atoms with E-state index in [2.05, 4.69) is 41.4 Å². The molecule has 0 spiro atoms. The van der Waals surface area contributed by atoms with Crippen LogP contribution in [0.3, 0.4) is 0 Å². The third-order valence-electron chi connectivity index (χ3n) is 3.73. The minimum atomic E-state index is -0.770. The topological polar surface area (TPSA) is 82.7 Å². The lowest BCUT2D eigenvalue weighted by Gasteiger charge is -2.15. The monoisotopic (exact) mass is 362 g/mol. The lowest BCUT2D eigenvalue weighted by Crippen LogP contribution is -2.39. The number of nitrogens with one attached hydrogen (secondary N) is 2. The zero-order valence-corrected chi connectivity index (χ0v) is 15.7. The summed E-state index contributed by atoms with van der Waals surface area (Å²) in [6.07, 6.45) is 0.956. The number of benzene rings is 1. The average molecular weight is 362 g/mol. The summed E-state index contributed by atoms with van der Waals surface area (Å²) in [5.41, 5.74) is 0.536. The number of guanidine groups is 1. The van der Waals surface area contributed by atoms with Gasteiger partial charge in [-0.3, -0.25) is 0 Å². The molecule has 0 saturated carbocycles. The first kappa shape index (κ1) is 19.9. The summed E-state index contributed by atoms with van der Waals surface area (Å²) in [4.78, 5) is 8.68. The van der Waals surface area contributed by atoms with Gasteiger partial charge in [-0.1, -0.05) is 32.9 Å². The molecule has 0 radical (unpaired) electrons. The Morgan fingerprint density at radius 1 is 1.27 bits per heavy atom. The van der Waals surface area contributed by atoms with Gasteiger partial charge in [0.2, 0.25) is 5.89 Å². The van der Waals surface area contributed by atoms with Crippen molar-refractivity contribution in [3.8, 4) is 0 Å². The maximum atomic E-state index is 13.0. The van der Waals surface area contributed by atoms with Crippen molar-refractivity contribution < 1.29 is 13.9 Å². The highest BCUT2D eigenvalue weighted by Crippen LogP contribution is 2.22. The number of nitrogens with zero attached hydrogens (tertiary/aromatic N) is 2. The van der Waals surface area contributed by atoms with Crippen LogP contribution in [0.1, 0.15) is 51.0 Å². The molecule has 3 N–H and O–H groups in total. The number of aliphatic hydroxyl groups is 1. The molecule has 0 aliphatic carbocycles. The summed E-state index contributed by atoms with van der Waals surface area (Å²) in [6.45, 7) is 9.34. The third-order valence-corrected chi connectivity index (χ3v) is 3.73. The minimum Gasteiger partial charge on any atom is -0.443 e. The maximum absolute atomic E-state index is 13.0. The first-order valence-corrected chi connectivity index (χ1v) is 8.70. The molecule has 0 fully saturated rings. The molecule has 1 unspecified atom stereocenters. The Kier molecular flexibility index (Phi) is 6.74. The van der Waals surface area contributed by atoms with Crippen LogP contribution in [-0.2, 0) is 12.0 Å². The second-order valence-corrected chi connectivity index (χ2v) is 7.01. The van der Waals surface area contributed by atoms with E-state index in [-0.39, 0.29) is 24.3 Å². The van der Waals surface area contributed by atoms with E-state index >= 15 is 0 Å². The number of aliphatic hydroxyl groups excluding tert-OH is 1. The van der Waals surface area contributed by atoms with Gasteiger partial charge in [-0.2, -0.15) is 0 Å². The largest absolute Gasteiger partial charge is 0.443 e. The summed E-state index contributed by atoms with van der Waals surface area (Å²) >= 11 is 0. The fraction of sp³-hybridized carbons (Fsp3) is 0.474. The molecule has 1 aromatic carbocycles. The molecule has 0 aliphatic heterocycles.